The molecule has 0 unspecified atom stereocenters. The van der Waals surface area contributed by atoms with Crippen LogP contribution in [0.2, 0.25) is 0 Å². The Hall–Kier alpha value is -4.39. The van der Waals surface area contributed by atoms with E-state index in [1.807, 2.05) is 54.6 Å². The molecule has 3 atom stereocenters. The van der Waals surface area contributed by atoms with Crippen LogP contribution in [-0.4, -0.2) is 41.9 Å². The number of esters is 1. The second kappa shape index (κ2) is 10.5. The van der Waals surface area contributed by atoms with E-state index in [1.54, 1.807) is 18.2 Å². The summed E-state index contributed by atoms with van der Waals surface area (Å²) in [6.45, 7) is -0.399. The lowest BCUT2D eigenvalue weighted by atomic mass is 9.77. The Morgan fingerprint density at radius 1 is 0.947 bits per heavy atom. The second-order valence-corrected chi connectivity index (χ2v) is 9.63. The lowest BCUT2D eigenvalue weighted by Gasteiger charge is -2.29. The number of nitrogens with zero attached hydrogens (tertiary/aromatic N) is 2. The average molecular weight is 509 g/mol. The number of carbonyl (C=O) groups is 2. The van der Waals surface area contributed by atoms with Crippen LogP contribution in [0.15, 0.2) is 95.6 Å². The fraction of sp³-hybridized carbons (Fsp3) is 0.258. The van der Waals surface area contributed by atoms with Crippen LogP contribution in [0.25, 0.3) is 6.08 Å². The third-order valence-electron chi connectivity index (χ3n) is 7.15. The average Bonchev–Trinajstić information content (AvgIpc) is 3.37. The molecule has 0 N–H and O–H groups in total. The number of para-hydroxylation sites is 2. The molecule has 7 heteroatoms. The summed E-state index contributed by atoms with van der Waals surface area (Å²) < 4.78 is 16.8. The van der Waals surface area contributed by atoms with E-state index in [0.717, 1.165) is 41.7 Å². The van der Waals surface area contributed by atoms with Gasteiger partial charge in [0.15, 0.2) is 18.1 Å². The number of fused-ring (bicyclic) bond motifs is 2. The first kappa shape index (κ1) is 24.0. The molecule has 1 amide bonds. The molecule has 3 aliphatic rings. The van der Waals surface area contributed by atoms with Gasteiger partial charge in [-0.05, 0) is 54.2 Å². The van der Waals surface area contributed by atoms with Crippen molar-refractivity contribution in [3.05, 3.63) is 102 Å². The minimum absolute atomic E-state index is 0.0262. The van der Waals surface area contributed by atoms with Crippen molar-refractivity contribution in [2.24, 2.45) is 11.0 Å². The van der Waals surface area contributed by atoms with Gasteiger partial charge >= 0.3 is 5.97 Å². The summed E-state index contributed by atoms with van der Waals surface area (Å²) in [7, 11) is 0. The largest absolute Gasteiger partial charge is 0.485 e. The molecule has 7 nitrogen and oxygen atoms in total. The maximum Gasteiger partial charge on any atom is 0.351 e. The summed E-state index contributed by atoms with van der Waals surface area (Å²) in [5.74, 6) is 0.118. The number of carbonyl (C=O) groups excluding carboxylic acids is 2. The van der Waals surface area contributed by atoms with E-state index in [9.17, 15) is 9.59 Å². The Labute approximate surface area is 221 Å². The molecule has 6 rings (SSSR count). The predicted octanol–water partition coefficient (Wildman–Crippen LogP) is 5.19. The Morgan fingerprint density at radius 3 is 2.45 bits per heavy atom. The lowest BCUT2D eigenvalue weighted by Crippen LogP contribution is -2.40. The summed E-state index contributed by atoms with van der Waals surface area (Å²) in [4.78, 5) is 26.2. The molecule has 1 aliphatic carbocycles. The van der Waals surface area contributed by atoms with Crippen molar-refractivity contribution in [1.29, 1.82) is 0 Å². The molecule has 3 aromatic rings. The van der Waals surface area contributed by atoms with Crippen molar-refractivity contribution in [3.63, 3.8) is 0 Å². The van der Waals surface area contributed by atoms with Crippen LogP contribution in [0.5, 0.6) is 11.5 Å². The molecule has 0 aromatic heterocycles. The molecule has 2 heterocycles. The molecule has 0 radical (unpaired) electrons. The number of hydrogen-bond donors (Lipinski definition) is 0. The number of hydrazone groups is 1. The highest BCUT2D eigenvalue weighted by molar-refractivity contribution is 6.08. The quantitative estimate of drug-likeness (QED) is 0.443. The van der Waals surface area contributed by atoms with Gasteiger partial charge in [0, 0.05) is 5.92 Å². The van der Waals surface area contributed by atoms with Crippen LogP contribution in [0.1, 0.15) is 36.4 Å². The molecule has 0 bridgehead atoms. The molecular formula is C31H28N2O5. The van der Waals surface area contributed by atoms with Gasteiger partial charge in [-0.1, -0.05) is 72.8 Å². The lowest BCUT2D eigenvalue weighted by molar-refractivity contribution is -0.160. The summed E-state index contributed by atoms with van der Waals surface area (Å²) >= 11 is 0. The van der Waals surface area contributed by atoms with Gasteiger partial charge in [-0.3, -0.25) is 4.79 Å². The second-order valence-electron chi connectivity index (χ2n) is 9.63. The standard InChI is InChI=1S/C31H28N2O5/c34-28(20-37-31(35)27-19-36-25-16-7-8-17-26(25)38-27)33-30(22-12-5-2-6-13-22)24-15-9-14-23(29(24)32-33)18-21-10-3-1-4-11-21/h1-8,10-13,16-18,24,27,30H,9,14-15,19-20H2/b23-18-/t24-,27+,30-/m0/s1. The van der Waals surface area contributed by atoms with Crippen molar-refractivity contribution in [1.82, 2.24) is 5.01 Å². The summed E-state index contributed by atoms with van der Waals surface area (Å²) in [5.41, 5.74) is 4.20. The number of benzene rings is 3. The summed E-state index contributed by atoms with van der Waals surface area (Å²) in [6.07, 6.45) is 4.09. The minimum atomic E-state index is -0.935. The van der Waals surface area contributed by atoms with Crippen molar-refractivity contribution in [2.75, 3.05) is 13.2 Å². The molecule has 0 saturated heterocycles. The van der Waals surface area contributed by atoms with Gasteiger partial charge in [0.1, 0.15) is 6.61 Å². The maximum atomic E-state index is 13.5. The van der Waals surface area contributed by atoms with E-state index >= 15 is 0 Å². The molecule has 1 fully saturated rings. The highest BCUT2D eigenvalue weighted by Crippen LogP contribution is 2.44. The fourth-order valence-corrected chi connectivity index (χ4v) is 5.37. The molecule has 1 saturated carbocycles. The van der Waals surface area contributed by atoms with Crippen LogP contribution in [0, 0.1) is 5.92 Å². The Kier molecular flexibility index (Phi) is 6.65. The van der Waals surface area contributed by atoms with E-state index in [0.29, 0.717) is 11.5 Å². The number of amides is 1. The molecule has 38 heavy (non-hydrogen) atoms. The van der Waals surface area contributed by atoms with Crippen molar-refractivity contribution in [2.45, 2.75) is 31.4 Å². The first-order chi connectivity index (χ1) is 18.7. The monoisotopic (exact) mass is 508 g/mol. The normalized spacial score (nSPS) is 22.9. The number of hydrogen-bond acceptors (Lipinski definition) is 6. The highest BCUT2D eigenvalue weighted by atomic mass is 16.6. The van der Waals surface area contributed by atoms with Crippen LogP contribution in [-0.2, 0) is 14.3 Å². The fourth-order valence-electron chi connectivity index (χ4n) is 5.37. The molecule has 0 spiro atoms. The minimum Gasteiger partial charge on any atom is -0.485 e. The Bertz CT molecular complexity index is 1390. The first-order valence-electron chi connectivity index (χ1n) is 12.9. The van der Waals surface area contributed by atoms with Gasteiger partial charge in [-0.2, -0.15) is 5.10 Å². The van der Waals surface area contributed by atoms with Crippen LogP contribution in [0.4, 0.5) is 0 Å². The zero-order valence-corrected chi connectivity index (χ0v) is 20.9. The predicted molar refractivity (Wildman–Crippen MR) is 143 cm³/mol. The number of rotatable bonds is 5. The van der Waals surface area contributed by atoms with Gasteiger partial charge < -0.3 is 14.2 Å². The van der Waals surface area contributed by atoms with Crippen molar-refractivity contribution in [3.8, 4) is 11.5 Å². The van der Waals surface area contributed by atoms with Crippen molar-refractivity contribution >= 4 is 23.7 Å². The van der Waals surface area contributed by atoms with Crippen LogP contribution < -0.4 is 9.47 Å². The topological polar surface area (TPSA) is 77.4 Å². The highest BCUT2D eigenvalue weighted by Gasteiger charge is 2.44. The third-order valence-corrected chi connectivity index (χ3v) is 7.15. The zero-order chi connectivity index (χ0) is 25.9. The van der Waals surface area contributed by atoms with Crippen LogP contribution >= 0.6 is 0 Å². The van der Waals surface area contributed by atoms with E-state index in [-0.39, 0.29) is 24.5 Å². The number of ether oxygens (including phenoxy) is 3. The summed E-state index contributed by atoms with van der Waals surface area (Å²) in [6, 6.07) is 27.0. The van der Waals surface area contributed by atoms with Gasteiger partial charge in [-0.25, -0.2) is 9.80 Å². The maximum absolute atomic E-state index is 13.5. The zero-order valence-electron chi connectivity index (χ0n) is 20.9. The molecule has 2 aliphatic heterocycles. The Morgan fingerprint density at radius 2 is 1.66 bits per heavy atom. The van der Waals surface area contributed by atoms with E-state index in [4.69, 9.17) is 19.3 Å². The van der Waals surface area contributed by atoms with Gasteiger partial charge in [0.05, 0.1) is 11.8 Å². The van der Waals surface area contributed by atoms with Crippen molar-refractivity contribution < 1.29 is 23.8 Å². The van der Waals surface area contributed by atoms with Gasteiger partial charge in [-0.15, -0.1) is 0 Å². The SMILES string of the molecule is O=C(OCC(=O)N1N=C2/C(=C\c3ccccc3)CCC[C@@H]2[C@@H]1c1ccccc1)[C@H]1COc2ccccc2O1. The van der Waals surface area contributed by atoms with E-state index < -0.39 is 18.7 Å². The van der Waals surface area contributed by atoms with E-state index in [1.165, 1.54) is 5.01 Å². The first-order valence-corrected chi connectivity index (χ1v) is 12.9. The molecular weight excluding hydrogens is 480 g/mol. The third kappa shape index (κ3) is 4.79. The molecule has 3 aromatic carbocycles. The Balaban J connectivity index is 1.21. The summed E-state index contributed by atoms with van der Waals surface area (Å²) in [5, 5.41) is 6.36. The van der Waals surface area contributed by atoms with Crippen LogP contribution in [0.3, 0.4) is 0 Å². The van der Waals surface area contributed by atoms with Gasteiger partial charge in [0.2, 0.25) is 6.10 Å². The molecule has 192 valence electrons. The van der Waals surface area contributed by atoms with E-state index in [2.05, 4.69) is 18.2 Å². The van der Waals surface area contributed by atoms with Gasteiger partial charge in [0.25, 0.3) is 5.91 Å². The number of allylic oxidation sites excluding steroid dienone is 1. The smallest absolute Gasteiger partial charge is 0.351 e.